The quantitative estimate of drug-likeness (QED) is 0.911. The van der Waals surface area contributed by atoms with Gasteiger partial charge in [0.15, 0.2) is 0 Å². The third kappa shape index (κ3) is 2.63. The summed E-state index contributed by atoms with van der Waals surface area (Å²) in [5.41, 5.74) is 2.73. The van der Waals surface area contributed by atoms with E-state index in [0.717, 1.165) is 16.7 Å². The van der Waals surface area contributed by atoms with E-state index in [1.54, 1.807) is 7.11 Å². The van der Waals surface area contributed by atoms with Crippen LogP contribution in [0.5, 0.6) is 0 Å². The highest BCUT2D eigenvalue weighted by molar-refractivity contribution is 5.74. The number of carboxylic acid groups (broad SMARTS) is 1. The molecule has 1 heterocycles. The van der Waals surface area contributed by atoms with Gasteiger partial charge in [-0.15, -0.1) is 0 Å². The van der Waals surface area contributed by atoms with E-state index in [2.05, 4.69) is 29.6 Å². The molecule has 2 aromatic carbocycles. The van der Waals surface area contributed by atoms with Crippen LogP contribution in [0.25, 0.3) is 11.1 Å². The smallest absolute Gasteiger partial charge is 0.320 e. The topological polar surface area (TPSA) is 58.6 Å². The maximum Gasteiger partial charge on any atom is 0.320 e. The Kier molecular flexibility index (Phi) is 3.96. The van der Waals surface area contributed by atoms with E-state index in [4.69, 9.17) is 9.84 Å². The molecule has 114 valence electrons. The summed E-state index contributed by atoms with van der Waals surface area (Å²) in [4.78, 5) is 11.2. The number of benzene rings is 2. The number of carbonyl (C=O) groups is 1. The zero-order chi connectivity index (χ0) is 15.6. The van der Waals surface area contributed by atoms with Crippen LogP contribution in [0.1, 0.15) is 12.0 Å². The van der Waals surface area contributed by atoms with Crippen LogP contribution in [0, 0.1) is 0 Å². The van der Waals surface area contributed by atoms with Gasteiger partial charge < -0.3 is 15.2 Å². The van der Waals surface area contributed by atoms with Crippen LogP contribution in [0.15, 0.2) is 54.6 Å². The Balaban J connectivity index is 1.87. The highest BCUT2D eigenvalue weighted by Crippen LogP contribution is 2.35. The van der Waals surface area contributed by atoms with E-state index < -0.39 is 17.6 Å². The number of nitrogens with one attached hydrogen (secondary N) is 1. The fourth-order valence-corrected chi connectivity index (χ4v) is 3.03. The lowest BCUT2D eigenvalue weighted by Gasteiger charge is -2.27. The molecular weight excluding hydrogens is 278 g/mol. The van der Waals surface area contributed by atoms with Crippen LogP contribution in [-0.4, -0.2) is 30.8 Å². The monoisotopic (exact) mass is 297 g/mol. The number of aliphatic carboxylic acids is 1. The average molecular weight is 297 g/mol. The lowest BCUT2D eigenvalue weighted by molar-refractivity contribution is -0.139. The summed E-state index contributed by atoms with van der Waals surface area (Å²) in [5.74, 6) is -0.833. The second kappa shape index (κ2) is 5.91. The lowest BCUT2D eigenvalue weighted by atomic mass is 9.89. The molecule has 1 aliphatic rings. The van der Waals surface area contributed by atoms with E-state index in [1.165, 1.54) is 0 Å². The molecule has 2 atom stereocenters. The standard InChI is InChI=1S/C18H19NO3/c1-22-18(11-16(17(20)21)19-12-18)15-9-7-14(8-10-15)13-5-3-2-4-6-13/h2-10,16,19H,11-12H2,1H3,(H,20,21). The molecule has 0 aromatic heterocycles. The van der Waals surface area contributed by atoms with Gasteiger partial charge in [-0.1, -0.05) is 54.6 Å². The Hall–Kier alpha value is -2.17. The first-order valence-corrected chi connectivity index (χ1v) is 7.32. The first-order chi connectivity index (χ1) is 10.6. The van der Waals surface area contributed by atoms with Crippen molar-refractivity contribution in [1.82, 2.24) is 5.32 Å². The number of hydrogen-bond acceptors (Lipinski definition) is 3. The van der Waals surface area contributed by atoms with E-state index in [0.29, 0.717) is 13.0 Å². The SMILES string of the molecule is COC1(c2ccc(-c3ccccc3)cc2)CNC(C(=O)O)C1. The third-order valence-electron chi connectivity index (χ3n) is 4.37. The van der Waals surface area contributed by atoms with Crippen LogP contribution in [0.4, 0.5) is 0 Å². The van der Waals surface area contributed by atoms with Gasteiger partial charge >= 0.3 is 5.97 Å². The molecule has 0 aliphatic carbocycles. The molecule has 0 radical (unpaired) electrons. The number of methoxy groups -OCH3 is 1. The van der Waals surface area contributed by atoms with Gasteiger partial charge in [0, 0.05) is 20.1 Å². The maximum atomic E-state index is 11.2. The van der Waals surface area contributed by atoms with Crippen molar-refractivity contribution in [3.05, 3.63) is 60.2 Å². The molecule has 0 amide bonds. The van der Waals surface area contributed by atoms with Crippen molar-refractivity contribution in [2.75, 3.05) is 13.7 Å². The molecule has 2 unspecified atom stereocenters. The summed E-state index contributed by atoms with van der Waals surface area (Å²) < 4.78 is 5.68. The summed E-state index contributed by atoms with van der Waals surface area (Å²) >= 11 is 0. The molecule has 1 saturated heterocycles. The first-order valence-electron chi connectivity index (χ1n) is 7.32. The molecule has 2 aromatic rings. The molecule has 1 fully saturated rings. The predicted octanol–water partition coefficient (Wildman–Crippen LogP) is 2.64. The van der Waals surface area contributed by atoms with Crippen molar-refractivity contribution < 1.29 is 14.6 Å². The Morgan fingerprint density at radius 1 is 1.14 bits per heavy atom. The van der Waals surface area contributed by atoms with Gasteiger partial charge in [0.1, 0.15) is 11.6 Å². The predicted molar refractivity (Wildman–Crippen MR) is 84.6 cm³/mol. The summed E-state index contributed by atoms with van der Waals surface area (Å²) in [6, 6.07) is 17.8. The van der Waals surface area contributed by atoms with Crippen molar-refractivity contribution in [1.29, 1.82) is 0 Å². The van der Waals surface area contributed by atoms with Gasteiger partial charge in [-0.2, -0.15) is 0 Å². The minimum atomic E-state index is -0.833. The van der Waals surface area contributed by atoms with E-state index in [1.807, 2.05) is 30.3 Å². The van der Waals surface area contributed by atoms with Crippen LogP contribution < -0.4 is 5.32 Å². The van der Waals surface area contributed by atoms with Crippen molar-refractivity contribution in [3.63, 3.8) is 0 Å². The van der Waals surface area contributed by atoms with E-state index >= 15 is 0 Å². The second-order valence-corrected chi connectivity index (χ2v) is 5.62. The third-order valence-corrected chi connectivity index (χ3v) is 4.37. The zero-order valence-electron chi connectivity index (χ0n) is 12.5. The zero-order valence-corrected chi connectivity index (χ0v) is 12.5. The van der Waals surface area contributed by atoms with E-state index in [9.17, 15) is 4.79 Å². The first kappa shape index (κ1) is 14.8. The molecule has 0 bridgehead atoms. The van der Waals surface area contributed by atoms with Crippen molar-refractivity contribution in [3.8, 4) is 11.1 Å². The lowest BCUT2D eigenvalue weighted by Crippen LogP contribution is -2.31. The normalized spacial score (nSPS) is 24.3. The van der Waals surface area contributed by atoms with Gasteiger partial charge in [-0.3, -0.25) is 4.79 Å². The van der Waals surface area contributed by atoms with Gasteiger partial charge in [0.25, 0.3) is 0 Å². The number of carboxylic acids is 1. The van der Waals surface area contributed by atoms with Crippen molar-refractivity contribution in [2.24, 2.45) is 0 Å². The molecule has 3 rings (SSSR count). The molecule has 0 spiro atoms. The summed E-state index contributed by atoms with van der Waals surface area (Å²) in [7, 11) is 1.64. The van der Waals surface area contributed by atoms with Gasteiger partial charge in [-0.05, 0) is 16.7 Å². The maximum absolute atomic E-state index is 11.2. The average Bonchev–Trinajstić information content (AvgIpc) is 3.02. The largest absolute Gasteiger partial charge is 0.480 e. The molecular formula is C18H19NO3. The molecule has 2 N–H and O–H groups in total. The van der Waals surface area contributed by atoms with Gasteiger partial charge in [0.05, 0.1) is 0 Å². The number of hydrogen-bond donors (Lipinski definition) is 2. The number of ether oxygens (including phenoxy) is 1. The van der Waals surface area contributed by atoms with Crippen LogP contribution >= 0.6 is 0 Å². The summed E-state index contributed by atoms with van der Waals surface area (Å²) in [5, 5.41) is 12.2. The minimum Gasteiger partial charge on any atom is -0.480 e. The van der Waals surface area contributed by atoms with Crippen molar-refractivity contribution >= 4 is 5.97 Å². The summed E-state index contributed by atoms with van der Waals surface area (Å²) in [6.45, 7) is 0.505. The molecule has 0 saturated carbocycles. The van der Waals surface area contributed by atoms with Gasteiger partial charge in [0.2, 0.25) is 0 Å². The molecule has 4 heteroatoms. The van der Waals surface area contributed by atoms with Crippen LogP contribution in [-0.2, 0) is 15.1 Å². The summed E-state index contributed by atoms with van der Waals surface area (Å²) in [6.07, 6.45) is 0.434. The Morgan fingerprint density at radius 2 is 1.77 bits per heavy atom. The minimum absolute atomic E-state index is 0.434. The molecule has 4 nitrogen and oxygen atoms in total. The Bertz CT molecular complexity index is 654. The van der Waals surface area contributed by atoms with E-state index in [-0.39, 0.29) is 0 Å². The second-order valence-electron chi connectivity index (χ2n) is 5.62. The fourth-order valence-electron chi connectivity index (χ4n) is 3.03. The van der Waals surface area contributed by atoms with Crippen LogP contribution in [0.2, 0.25) is 0 Å². The molecule has 22 heavy (non-hydrogen) atoms. The van der Waals surface area contributed by atoms with Gasteiger partial charge in [-0.25, -0.2) is 0 Å². The Labute approximate surface area is 129 Å². The molecule has 1 aliphatic heterocycles. The van der Waals surface area contributed by atoms with Crippen LogP contribution in [0.3, 0.4) is 0 Å². The highest BCUT2D eigenvalue weighted by Gasteiger charge is 2.43. The Morgan fingerprint density at radius 3 is 2.32 bits per heavy atom. The fraction of sp³-hybridized carbons (Fsp3) is 0.278. The highest BCUT2D eigenvalue weighted by atomic mass is 16.5. The number of rotatable bonds is 4. The van der Waals surface area contributed by atoms with Crippen molar-refractivity contribution in [2.45, 2.75) is 18.1 Å².